The maximum absolute atomic E-state index is 11.6. The van der Waals surface area contributed by atoms with Gasteiger partial charge < -0.3 is 15.2 Å². The van der Waals surface area contributed by atoms with Crippen LogP contribution in [0.2, 0.25) is 0 Å². The van der Waals surface area contributed by atoms with Crippen molar-refractivity contribution in [2.24, 2.45) is 0 Å². The predicted octanol–water partition coefficient (Wildman–Crippen LogP) is 1.29. The Kier molecular flexibility index (Phi) is 7.56. The molecule has 2 N–H and O–H groups in total. The van der Waals surface area contributed by atoms with Crippen molar-refractivity contribution < 1.29 is 19.4 Å². The number of ether oxygens (including phenoxy) is 1. The average Bonchev–Trinajstić information content (AvgIpc) is 2.80. The summed E-state index contributed by atoms with van der Waals surface area (Å²) < 4.78 is 4.74. The van der Waals surface area contributed by atoms with E-state index >= 15 is 0 Å². The third-order valence-electron chi connectivity index (χ3n) is 2.36. The Labute approximate surface area is 125 Å². The van der Waals surface area contributed by atoms with E-state index in [4.69, 9.17) is 9.84 Å². The number of methoxy groups -OCH3 is 1. The highest BCUT2D eigenvalue weighted by atomic mass is 32.2. The van der Waals surface area contributed by atoms with Gasteiger partial charge in [-0.05, 0) is 6.92 Å². The number of hydrogen-bond donors (Lipinski definition) is 2. The number of nitrogens with zero attached hydrogens (tertiary/aromatic N) is 1. The van der Waals surface area contributed by atoms with E-state index in [9.17, 15) is 9.59 Å². The summed E-state index contributed by atoms with van der Waals surface area (Å²) in [4.78, 5) is 26.8. The molecule has 0 saturated heterocycles. The summed E-state index contributed by atoms with van der Waals surface area (Å²) in [5.41, 5.74) is 1.01. The van der Waals surface area contributed by atoms with Crippen molar-refractivity contribution in [3.05, 3.63) is 16.1 Å². The van der Waals surface area contributed by atoms with Gasteiger partial charge in [0.05, 0.1) is 17.3 Å². The molecule has 0 spiro atoms. The first-order valence-corrected chi connectivity index (χ1v) is 8.06. The summed E-state index contributed by atoms with van der Waals surface area (Å²) in [7, 11) is 1.40. The van der Waals surface area contributed by atoms with Gasteiger partial charge >= 0.3 is 5.97 Å². The number of amides is 1. The van der Waals surface area contributed by atoms with E-state index in [2.05, 4.69) is 10.3 Å². The van der Waals surface area contributed by atoms with E-state index in [0.717, 1.165) is 16.5 Å². The fourth-order valence-corrected chi connectivity index (χ4v) is 2.97. The van der Waals surface area contributed by atoms with Gasteiger partial charge in [0.15, 0.2) is 6.04 Å². The van der Waals surface area contributed by atoms with Crippen molar-refractivity contribution in [3.8, 4) is 0 Å². The summed E-state index contributed by atoms with van der Waals surface area (Å²) in [6.07, 6.45) is 0.279. The largest absolute Gasteiger partial charge is 0.480 e. The van der Waals surface area contributed by atoms with E-state index in [1.54, 1.807) is 23.1 Å². The number of carboxylic acids is 1. The summed E-state index contributed by atoms with van der Waals surface area (Å²) in [5, 5.41) is 14.3. The van der Waals surface area contributed by atoms with E-state index < -0.39 is 12.0 Å². The minimum absolute atomic E-state index is 0.0354. The fourth-order valence-electron chi connectivity index (χ4n) is 1.42. The number of nitrogens with one attached hydrogen (secondary N) is 1. The first kappa shape index (κ1) is 16.9. The number of carboxylic acid groups (broad SMARTS) is 1. The van der Waals surface area contributed by atoms with Crippen molar-refractivity contribution in [2.75, 3.05) is 19.5 Å². The zero-order chi connectivity index (χ0) is 15.0. The van der Waals surface area contributed by atoms with Crippen molar-refractivity contribution in [1.82, 2.24) is 10.3 Å². The van der Waals surface area contributed by atoms with Crippen LogP contribution in [0.4, 0.5) is 0 Å². The van der Waals surface area contributed by atoms with Gasteiger partial charge in [-0.25, -0.2) is 9.78 Å². The minimum Gasteiger partial charge on any atom is -0.480 e. The van der Waals surface area contributed by atoms with Gasteiger partial charge in [0, 0.05) is 30.4 Å². The smallest absolute Gasteiger partial charge is 0.328 e. The number of aryl methyl sites for hydroxylation is 1. The van der Waals surface area contributed by atoms with Gasteiger partial charge in [-0.2, -0.15) is 11.8 Å². The average molecular weight is 318 g/mol. The van der Waals surface area contributed by atoms with Crippen LogP contribution in [0.25, 0.3) is 0 Å². The van der Waals surface area contributed by atoms with Gasteiger partial charge in [-0.3, -0.25) is 4.79 Å². The minimum atomic E-state index is -1.09. The standard InChI is InChI=1S/C12H18N2O4S2/c1-8-13-9(7-20-8)6-19-4-3-11(15)14-10(5-18-2)12(16)17/h7,10H,3-6H2,1-2H3,(H,14,15)(H,16,17). The molecular weight excluding hydrogens is 300 g/mol. The number of thiazole rings is 1. The third-order valence-corrected chi connectivity index (χ3v) is 4.17. The maximum Gasteiger partial charge on any atom is 0.328 e. The van der Waals surface area contributed by atoms with Gasteiger partial charge in [0.25, 0.3) is 0 Å². The number of aromatic nitrogens is 1. The lowest BCUT2D eigenvalue weighted by Gasteiger charge is -2.13. The fraction of sp³-hybridized carbons (Fsp3) is 0.583. The van der Waals surface area contributed by atoms with Crippen LogP contribution >= 0.6 is 23.1 Å². The molecule has 20 heavy (non-hydrogen) atoms. The number of rotatable bonds is 9. The van der Waals surface area contributed by atoms with E-state index in [-0.39, 0.29) is 18.9 Å². The SMILES string of the molecule is COCC(NC(=O)CCSCc1csc(C)n1)C(=O)O. The Morgan fingerprint density at radius 2 is 2.35 bits per heavy atom. The number of carbonyl (C=O) groups is 2. The highest BCUT2D eigenvalue weighted by Crippen LogP contribution is 2.15. The molecule has 0 aliphatic rings. The lowest BCUT2D eigenvalue weighted by atomic mass is 10.3. The van der Waals surface area contributed by atoms with Gasteiger partial charge in [0.1, 0.15) is 0 Å². The Bertz CT molecular complexity index is 450. The zero-order valence-electron chi connectivity index (χ0n) is 11.4. The maximum atomic E-state index is 11.6. The third kappa shape index (κ3) is 6.36. The quantitative estimate of drug-likeness (QED) is 0.667. The van der Waals surface area contributed by atoms with Crippen molar-refractivity contribution in [2.45, 2.75) is 25.1 Å². The van der Waals surface area contributed by atoms with Crippen LogP contribution in [0.3, 0.4) is 0 Å². The number of aliphatic carboxylic acids is 1. The van der Waals surface area contributed by atoms with Crippen LogP contribution in [-0.2, 0) is 20.1 Å². The second-order valence-electron chi connectivity index (χ2n) is 4.07. The van der Waals surface area contributed by atoms with Crippen molar-refractivity contribution in [3.63, 3.8) is 0 Å². The molecule has 1 amide bonds. The molecule has 0 aromatic carbocycles. The second kappa shape index (κ2) is 8.93. The summed E-state index contributed by atoms with van der Waals surface area (Å²) in [6, 6.07) is -0.987. The molecule has 112 valence electrons. The van der Waals surface area contributed by atoms with Crippen LogP contribution < -0.4 is 5.32 Å². The topological polar surface area (TPSA) is 88.5 Å². The van der Waals surface area contributed by atoms with Crippen molar-refractivity contribution in [1.29, 1.82) is 0 Å². The monoisotopic (exact) mass is 318 g/mol. The first-order valence-electron chi connectivity index (χ1n) is 6.02. The number of thioether (sulfide) groups is 1. The molecule has 1 aromatic heterocycles. The van der Waals surface area contributed by atoms with Gasteiger partial charge in [-0.15, -0.1) is 11.3 Å². The van der Waals surface area contributed by atoms with E-state index in [1.165, 1.54) is 7.11 Å². The van der Waals surface area contributed by atoms with Crippen LogP contribution in [0.5, 0.6) is 0 Å². The molecule has 0 aliphatic carbocycles. The molecular formula is C12H18N2O4S2. The highest BCUT2D eigenvalue weighted by Gasteiger charge is 2.19. The first-order chi connectivity index (χ1) is 9.52. The molecule has 6 nitrogen and oxygen atoms in total. The molecule has 8 heteroatoms. The molecule has 1 rings (SSSR count). The zero-order valence-corrected chi connectivity index (χ0v) is 13.1. The lowest BCUT2D eigenvalue weighted by molar-refractivity contribution is -0.143. The molecule has 0 radical (unpaired) electrons. The molecule has 1 unspecified atom stereocenters. The molecule has 1 aromatic rings. The van der Waals surface area contributed by atoms with Crippen LogP contribution in [0.15, 0.2) is 5.38 Å². The summed E-state index contributed by atoms with van der Waals surface area (Å²) >= 11 is 3.20. The lowest BCUT2D eigenvalue weighted by Crippen LogP contribution is -2.43. The Morgan fingerprint density at radius 1 is 1.60 bits per heavy atom. The van der Waals surface area contributed by atoms with Gasteiger partial charge in [-0.1, -0.05) is 0 Å². The summed E-state index contributed by atoms with van der Waals surface area (Å²) in [6.45, 7) is 1.92. The van der Waals surface area contributed by atoms with Crippen molar-refractivity contribution >= 4 is 35.0 Å². The molecule has 0 saturated carbocycles. The van der Waals surface area contributed by atoms with Crippen LogP contribution in [0.1, 0.15) is 17.1 Å². The Balaban J connectivity index is 2.20. The number of hydrogen-bond acceptors (Lipinski definition) is 6. The molecule has 0 fully saturated rings. The van der Waals surface area contributed by atoms with Gasteiger partial charge in [0.2, 0.25) is 5.91 Å². The second-order valence-corrected chi connectivity index (χ2v) is 6.24. The molecule has 1 atom stereocenters. The Morgan fingerprint density at radius 3 is 2.90 bits per heavy atom. The van der Waals surface area contributed by atoms with E-state index in [1.807, 2.05) is 12.3 Å². The molecule has 0 bridgehead atoms. The van der Waals surface area contributed by atoms with Crippen LogP contribution in [-0.4, -0.2) is 47.5 Å². The molecule has 1 heterocycles. The number of carbonyl (C=O) groups excluding carboxylic acids is 1. The molecule has 0 aliphatic heterocycles. The highest BCUT2D eigenvalue weighted by molar-refractivity contribution is 7.98. The normalized spacial score (nSPS) is 12.1. The van der Waals surface area contributed by atoms with Crippen LogP contribution in [0, 0.1) is 6.92 Å². The van der Waals surface area contributed by atoms with E-state index in [0.29, 0.717) is 5.75 Å². The Hall–Kier alpha value is -1.12. The summed E-state index contributed by atoms with van der Waals surface area (Å²) in [5.74, 6) is 0.0157. The predicted molar refractivity (Wildman–Crippen MR) is 79.1 cm³/mol.